The van der Waals surface area contributed by atoms with Gasteiger partial charge < -0.3 is 20.3 Å². The molecule has 15 heavy (non-hydrogen) atoms. The molecule has 0 radical (unpaired) electrons. The van der Waals surface area contributed by atoms with Crippen molar-refractivity contribution in [1.82, 2.24) is 5.32 Å². The van der Waals surface area contributed by atoms with Gasteiger partial charge >= 0.3 is 5.97 Å². The summed E-state index contributed by atoms with van der Waals surface area (Å²) in [4.78, 5) is 21.6. The summed E-state index contributed by atoms with van der Waals surface area (Å²) >= 11 is 0. The highest BCUT2D eigenvalue weighted by Gasteiger charge is 2.23. The summed E-state index contributed by atoms with van der Waals surface area (Å²) in [5.74, 6) is -1.54. The van der Waals surface area contributed by atoms with Gasteiger partial charge in [-0.05, 0) is 6.42 Å². The third-order valence-electron chi connectivity index (χ3n) is 2.30. The normalized spacial score (nSPS) is 22.3. The number of carbonyl (C=O) groups excluding carboxylic acids is 1. The molecule has 0 aliphatic carbocycles. The third-order valence-corrected chi connectivity index (χ3v) is 2.30. The van der Waals surface area contributed by atoms with Gasteiger partial charge in [-0.15, -0.1) is 0 Å². The molecule has 6 nitrogen and oxygen atoms in total. The Kier molecular flexibility index (Phi) is 4.51. The summed E-state index contributed by atoms with van der Waals surface area (Å²) in [6.07, 6.45) is -0.688. The van der Waals surface area contributed by atoms with Crippen LogP contribution >= 0.6 is 0 Å². The molecule has 1 rings (SSSR count). The van der Waals surface area contributed by atoms with Crippen molar-refractivity contribution in [3.8, 4) is 0 Å². The lowest BCUT2D eigenvalue weighted by atomic mass is 10.1. The maximum absolute atomic E-state index is 11.4. The molecular weight excluding hydrogens is 202 g/mol. The number of hydrogen-bond donors (Lipinski definition) is 3. The molecule has 1 unspecified atom stereocenters. The van der Waals surface area contributed by atoms with E-state index in [1.807, 2.05) is 0 Å². The number of carboxylic acid groups (broad SMARTS) is 1. The van der Waals surface area contributed by atoms with Crippen LogP contribution in [-0.2, 0) is 14.3 Å². The van der Waals surface area contributed by atoms with Crippen molar-refractivity contribution >= 4 is 11.9 Å². The fourth-order valence-electron chi connectivity index (χ4n) is 1.34. The zero-order valence-electron chi connectivity index (χ0n) is 8.31. The lowest BCUT2D eigenvalue weighted by molar-refractivity contribution is -0.147. The van der Waals surface area contributed by atoms with Gasteiger partial charge in [0.25, 0.3) is 0 Å². The van der Waals surface area contributed by atoms with Crippen LogP contribution < -0.4 is 5.32 Å². The molecule has 0 saturated carbocycles. The largest absolute Gasteiger partial charge is 0.479 e. The zero-order chi connectivity index (χ0) is 11.3. The summed E-state index contributed by atoms with van der Waals surface area (Å²) in [6, 6.07) is 0. The lowest BCUT2D eigenvalue weighted by Gasteiger charge is -2.10. The molecule has 3 N–H and O–H groups in total. The topological polar surface area (TPSA) is 95.9 Å². The number of amides is 1. The molecule has 86 valence electrons. The summed E-state index contributed by atoms with van der Waals surface area (Å²) in [5.41, 5.74) is 0. The predicted octanol–water partition coefficient (Wildman–Crippen LogP) is -1.03. The lowest BCUT2D eigenvalue weighted by Crippen LogP contribution is -2.34. The first-order chi connectivity index (χ1) is 7.11. The van der Waals surface area contributed by atoms with Crippen molar-refractivity contribution in [2.45, 2.75) is 18.9 Å². The molecule has 1 saturated heterocycles. The van der Waals surface area contributed by atoms with Crippen LogP contribution in [0.3, 0.4) is 0 Å². The van der Waals surface area contributed by atoms with Crippen LogP contribution in [0.1, 0.15) is 12.8 Å². The summed E-state index contributed by atoms with van der Waals surface area (Å²) < 4.78 is 5.04. The number of ether oxygens (including phenoxy) is 1. The molecule has 1 aliphatic heterocycles. The first-order valence-corrected chi connectivity index (χ1v) is 4.87. The quantitative estimate of drug-likeness (QED) is 0.547. The molecule has 1 fully saturated rings. The highest BCUT2D eigenvalue weighted by molar-refractivity contribution is 5.79. The molecule has 0 bridgehead atoms. The van der Waals surface area contributed by atoms with E-state index >= 15 is 0 Å². The number of carboxylic acids is 1. The Morgan fingerprint density at radius 1 is 1.53 bits per heavy atom. The van der Waals surface area contributed by atoms with Crippen molar-refractivity contribution in [1.29, 1.82) is 0 Å². The Labute approximate surface area is 87.2 Å². The van der Waals surface area contributed by atoms with Crippen molar-refractivity contribution in [2.24, 2.45) is 5.92 Å². The standard InChI is InChI=1S/C9H15NO5/c11-7(9(13)14)1-3-10-8(12)6-2-4-15-5-6/h6-7,11H,1-5H2,(H,10,12)(H,13,14)/t6?,7-/m0/s1. The Hall–Kier alpha value is -1.14. The van der Waals surface area contributed by atoms with E-state index in [9.17, 15) is 9.59 Å². The Morgan fingerprint density at radius 3 is 2.80 bits per heavy atom. The fraction of sp³-hybridized carbons (Fsp3) is 0.778. The molecule has 6 heteroatoms. The van der Waals surface area contributed by atoms with E-state index in [0.717, 1.165) is 0 Å². The number of aliphatic hydroxyl groups is 1. The van der Waals surface area contributed by atoms with Gasteiger partial charge in [-0.1, -0.05) is 0 Å². The van der Waals surface area contributed by atoms with E-state index in [-0.39, 0.29) is 24.8 Å². The smallest absolute Gasteiger partial charge is 0.332 e. The van der Waals surface area contributed by atoms with E-state index in [2.05, 4.69) is 5.32 Å². The average molecular weight is 217 g/mol. The fourth-order valence-corrected chi connectivity index (χ4v) is 1.34. The van der Waals surface area contributed by atoms with Gasteiger partial charge in [-0.25, -0.2) is 4.79 Å². The number of aliphatic hydroxyl groups excluding tert-OH is 1. The Bertz CT molecular complexity index is 237. The van der Waals surface area contributed by atoms with Crippen LogP contribution in [0.25, 0.3) is 0 Å². The molecule has 1 amide bonds. The van der Waals surface area contributed by atoms with Crippen LogP contribution in [0.5, 0.6) is 0 Å². The second-order valence-electron chi connectivity index (χ2n) is 3.49. The van der Waals surface area contributed by atoms with Gasteiger partial charge in [0.2, 0.25) is 5.91 Å². The Balaban J connectivity index is 2.14. The van der Waals surface area contributed by atoms with Crippen LogP contribution in [-0.4, -0.2) is 48.0 Å². The van der Waals surface area contributed by atoms with E-state index < -0.39 is 12.1 Å². The predicted molar refractivity (Wildman–Crippen MR) is 50.2 cm³/mol. The minimum absolute atomic E-state index is 0.0225. The van der Waals surface area contributed by atoms with E-state index in [0.29, 0.717) is 19.6 Å². The van der Waals surface area contributed by atoms with Gasteiger partial charge in [0.15, 0.2) is 6.10 Å². The minimum Gasteiger partial charge on any atom is -0.479 e. The van der Waals surface area contributed by atoms with Crippen molar-refractivity contribution in [3.05, 3.63) is 0 Å². The SMILES string of the molecule is O=C(NCC[C@H](O)C(=O)O)C1CCOC1. The van der Waals surface area contributed by atoms with Crippen LogP contribution in [0.4, 0.5) is 0 Å². The van der Waals surface area contributed by atoms with Crippen LogP contribution in [0, 0.1) is 5.92 Å². The first-order valence-electron chi connectivity index (χ1n) is 4.87. The zero-order valence-corrected chi connectivity index (χ0v) is 8.31. The maximum Gasteiger partial charge on any atom is 0.332 e. The first kappa shape index (κ1) is 11.9. The van der Waals surface area contributed by atoms with Crippen molar-refractivity contribution in [3.63, 3.8) is 0 Å². The van der Waals surface area contributed by atoms with Crippen LogP contribution in [0.15, 0.2) is 0 Å². The van der Waals surface area contributed by atoms with Gasteiger partial charge in [-0.3, -0.25) is 4.79 Å². The van der Waals surface area contributed by atoms with Crippen molar-refractivity contribution in [2.75, 3.05) is 19.8 Å². The van der Waals surface area contributed by atoms with Gasteiger partial charge in [-0.2, -0.15) is 0 Å². The van der Waals surface area contributed by atoms with Crippen molar-refractivity contribution < 1.29 is 24.5 Å². The van der Waals surface area contributed by atoms with E-state index in [4.69, 9.17) is 14.9 Å². The van der Waals surface area contributed by atoms with E-state index in [1.54, 1.807) is 0 Å². The molecule has 1 heterocycles. The van der Waals surface area contributed by atoms with Crippen LogP contribution in [0.2, 0.25) is 0 Å². The molecule has 1 aliphatic rings. The van der Waals surface area contributed by atoms with Gasteiger partial charge in [0.1, 0.15) is 0 Å². The van der Waals surface area contributed by atoms with Gasteiger partial charge in [0, 0.05) is 19.6 Å². The van der Waals surface area contributed by atoms with E-state index in [1.165, 1.54) is 0 Å². The summed E-state index contributed by atoms with van der Waals surface area (Å²) in [7, 11) is 0. The number of nitrogens with one attached hydrogen (secondary N) is 1. The second-order valence-corrected chi connectivity index (χ2v) is 3.49. The molecule has 0 aromatic rings. The minimum atomic E-state index is -1.41. The summed E-state index contributed by atoms with van der Waals surface area (Å²) in [5, 5.41) is 19.9. The summed E-state index contributed by atoms with van der Waals surface area (Å²) in [6.45, 7) is 1.19. The molecule has 2 atom stereocenters. The second kappa shape index (κ2) is 5.67. The number of hydrogen-bond acceptors (Lipinski definition) is 4. The van der Waals surface area contributed by atoms with Gasteiger partial charge in [0.05, 0.1) is 12.5 Å². The Morgan fingerprint density at radius 2 is 2.27 bits per heavy atom. The molecular formula is C9H15NO5. The maximum atomic E-state index is 11.4. The monoisotopic (exact) mass is 217 g/mol. The third kappa shape index (κ3) is 3.85. The highest BCUT2D eigenvalue weighted by atomic mass is 16.5. The molecule has 0 aromatic carbocycles. The average Bonchev–Trinajstić information content (AvgIpc) is 2.70. The number of aliphatic carboxylic acids is 1. The number of rotatable bonds is 5. The molecule has 0 aromatic heterocycles. The molecule has 0 spiro atoms. The number of carbonyl (C=O) groups is 2. The highest BCUT2D eigenvalue weighted by Crippen LogP contribution is 2.11.